The molecule has 0 amide bonds. The van der Waals surface area contributed by atoms with Gasteiger partial charge in [-0.05, 0) is 39.7 Å². The van der Waals surface area contributed by atoms with Crippen molar-refractivity contribution in [3.05, 3.63) is 84.1 Å². The van der Waals surface area contributed by atoms with Gasteiger partial charge in [0.15, 0.2) is 0 Å². The first-order valence-corrected chi connectivity index (χ1v) is 8.91. The second kappa shape index (κ2) is 7.86. The highest BCUT2D eigenvalue weighted by atomic mass is 19.4. The molecule has 9 heteroatoms. The van der Waals surface area contributed by atoms with Crippen LogP contribution in [0.1, 0.15) is 11.1 Å². The van der Waals surface area contributed by atoms with E-state index in [4.69, 9.17) is 4.52 Å². The quantitative estimate of drug-likeness (QED) is 0.315. The molecule has 0 aliphatic carbocycles. The Morgan fingerprint density at radius 2 is 1.83 bits per heavy atom. The highest BCUT2D eigenvalue weighted by Gasteiger charge is 2.30. The predicted octanol–water partition coefficient (Wildman–Crippen LogP) is 3.64. The van der Waals surface area contributed by atoms with E-state index in [-0.39, 0.29) is 11.6 Å². The maximum absolute atomic E-state index is 12.8. The van der Waals surface area contributed by atoms with Crippen molar-refractivity contribution in [3.8, 4) is 0 Å². The van der Waals surface area contributed by atoms with E-state index in [0.717, 1.165) is 28.5 Å². The van der Waals surface area contributed by atoms with Crippen molar-refractivity contribution >= 4 is 28.4 Å². The second-order valence-corrected chi connectivity index (χ2v) is 6.54. The average Bonchev–Trinajstić information content (AvgIpc) is 3.14. The number of nitrogens with one attached hydrogen (secondary N) is 1. The number of hydrogen-bond acceptors (Lipinski definition) is 4. The highest BCUT2D eigenvalue weighted by molar-refractivity contribution is 5.87. The van der Waals surface area contributed by atoms with Gasteiger partial charge in [0.25, 0.3) is 6.20 Å². The summed E-state index contributed by atoms with van der Waals surface area (Å²) >= 11 is 0. The van der Waals surface area contributed by atoms with Gasteiger partial charge in [0.2, 0.25) is 11.8 Å². The molecular formula is C21H15F3N4O2. The van der Waals surface area contributed by atoms with Gasteiger partial charge in [0.1, 0.15) is 0 Å². The van der Waals surface area contributed by atoms with Gasteiger partial charge in [0.05, 0.1) is 11.6 Å². The summed E-state index contributed by atoms with van der Waals surface area (Å²) in [7, 11) is 0. The zero-order chi connectivity index (χ0) is 21.1. The third kappa shape index (κ3) is 4.57. The van der Waals surface area contributed by atoms with Crippen molar-refractivity contribution in [3.63, 3.8) is 0 Å². The zero-order valence-corrected chi connectivity index (χ0v) is 15.4. The largest absolute Gasteiger partial charge is 0.846 e. The molecule has 1 N–H and O–H groups in total. The van der Waals surface area contributed by atoms with Gasteiger partial charge in [-0.2, -0.15) is 13.2 Å². The number of halogens is 3. The fourth-order valence-electron chi connectivity index (χ4n) is 2.94. The Balaban J connectivity index is 1.46. The molecule has 1 aromatic heterocycles. The number of rotatable bonds is 4. The number of aliphatic imine (C=N–C) groups is 1. The van der Waals surface area contributed by atoms with E-state index in [9.17, 15) is 18.3 Å². The van der Waals surface area contributed by atoms with E-state index < -0.39 is 17.8 Å². The van der Waals surface area contributed by atoms with Crippen LogP contribution < -0.4 is 15.1 Å². The Hall–Kier alpha value is -3.88. The zero-order valence-electron chi connectivity index (χ0n) is 15.4. The van der Waals surface area contributed by atoms with Crippen LogP contribution in [0.4, 0.5) is 24.7 Å². The molecular weight excluding hydrogens is 397 g/mol. The van der Waals surface area contributed by atoms with Gasteiger partial charge in [-0.3, -0.25) is 4.52 Å². The molecule has 4 rings (SSSR count). The lowest BCUT2D eigenvalue weighted by Gasteiger charge is -2.14. The van der Waals surface area contributed by atoms with Gasteiger partial charge in [0, 0.05) is 11.3 Å². The van der Waals surface area contributed by atoms with Gasteiger partial charge < -0.3 is 10.4 Å². The Morgan fingerprint density at radius 1 is 1.03 bits per heavy atom. The van der Waals surface area contributed by atoms with Crippen LogP contribution >= 0.6 is 0 Å². The third-order valence-corrected chi connectivity index (χ3v) is 4.31. The van der Waals surface area contributed by atoms with Crippen LogP contribution in [0.25, 0.3) is 10.8 Å². The van der Waals surface area contributed by atoms with Crippen LogP contribution in [0, 0.1) is 0 Å². The van der Waals surface area contributed by atoms with Gasteiger partial charge in [-0.1, -0.05) is 42.5 Å². The fraction of sp³-hybridized carbons (Fsp3) is 0.0952. The Morgan fingerprint density at radius 3 is 2.63 bits per heavy atom. The minimum Gasteiger partial charge on any atom is -0.846 e. The Kier molecular flexibility index (Phi) is 5.09. The van der Waals surface area contributed by atoms with Crippen LogP contribution in [0.2, 0.25) is 0 Å². The fourth-order valence-corrected chi connectivity index (χ4v) is 2.94. The first kappa shape index (κ1) is 19.4. The van der Waals surface area contributed by atoms with Crippen molar-refractivity contribution in [1.82, 2.24) is 5.27 Å². The number of aromatic nitrogens is 2. The molecule has 0 unspecified atom stereocenters. The summed E-state index contributed by atoms with van der Waals surface area (Å²) in [5.41, 5.74) is 0.0855. The lowest BCUT2D eigenvalue weighted by molar-refractivity contribution is -0.754. The van der Waals surface area contributed by atoms with E-state index in [1.54, 1.807) is 0 Å². The molecule has 152 valence electrons. The molecule has 6 nitrogen and oxygen atoms in total. The maximum Gasteiger partial charge on any atom is 0.416 e. The molecule has 0 aliphatic rings. The molecule has 0 bridgehead atoms. The van der Waals surface area contributed by atoms with E-state index >= 15 is 0 Å². The predicted molar refractivity (Wildman–Crippen MR) is 102 cm³/mol. The smallest absolute Gasteiger partial charge is 0.416 e. The molecule has 0 spiro atoms. The van der Waals surface area contributed by atoms with Crippen molar-refractivity contribution in [1.29, 1.82) is 0 Å². The molecule has 0 saturated carbocycles. The summed E-state index contributed by atoms with van der Waals surface area (Å²) < 4.78 is 44.8. The first-order valence-electron chi connectivity index (χ1n) is 8.91. The van der Waals surface area contributed by atoms with Crippen LogP contribution in [-0.4, -0.2) is 11.3 Å². The number of anilines is 1. The average molecular weight is 412 g/mol. The summed E-state index contributed by atoms with van der Waals surface area (Å²) in [6.45, 7) is 0.402. The summed E-state index contributed by atoms with van der Waals surface area (Å²) in [4.78, 5) is 3.68. The second-order valence-electron chi connectivity index (χ2n) is 6.54. The van der Waals surface area contributed by atoms with E-state index in [1.165, 1.54) is 23.0 Å². The number of hydrogen-bond donors (Lipinski definition) is 1. The molecule has 4 aromatic rings. The molecule has 0 aliphatic heterocycles. The van der Waals surface area contributed by atoms with Crippen molar-refractivity contribution < 1.29 is 27.5 Å². The standard InChI is InChI=1S/C21H15F3N4O2/c22-21(23,24)17-6-3-7-18(11-17)25-20(29)26-19-13-28(27-30-19)12-14-8-9-15-4-1-2-5-16(15)10-14/h1-11,13H,12H2,(H-,25,26,27,29). The molecule has 3 aromatic carbocycles. The molecule has 1 heterocycles. The number of fused-ring (bicyclic) bond motifs is 1. The normalized spacial score (nSPS) is 12.3. The highest BCUT2D eigenvalue weighted by Crippen LogP contribution is 2.30. The molecule has 0 saturated heterocycles. The first-order chi connectivity index (χ1) is 14.4. The summed E-state index contributed by atoms with van der Waals surface area (Å²) in [6.07, 6.45) is -3.07. The number of amidine groups is 1. The van der Waals surface area contributed by atoms with Crippen LogP contribution in [0.15, 0.2) is 82.4 Å². The third-order valence-electron chi connectivity index (χ3n) is 4.31. The lowest BCUT2D eigenvalue weighted by atomic mass is 10.1. The summed E-state index contributed by atoms with van der Waals surface area (Å²) in [5, 5.41) is 20.3. The SMILES string of the molecule is [O-]C(=Nc1c[n+](Cc2ccc3ccccc3c2)no1)Nc1cccc(C(F)(F)F)c1. The van der Waals surface area contributed by atoms with Crippen LogP contribution in [-0.2, 0) is 12.7 Å². The molecule has 30 heavy (non-hydrogen) atoms. The lowest BCUT2D eigenvalue weighted by Crippen LogP contribution is -2.35. The number of nitrogens with zero attached hydrogens (tertiary/aromatic N) is 3. The van der Waals surface area contributed by atoms with Crippen molar-refractivity contribution in [2.45, 2.75) is 12.7 Å². The molecule has 0 radical (unpaired) electrons. The minimum atomic E-state index is -4.50. The monoisotopic (exact) mass is 412 g/mol. The molecule has 0 fully saturated rings. The van der Waals surface area contributed by atoms with Gasteiger partial charge in [-0.15, -0.1) is 0 Å². The van der Waals surface area contributed by atoms with E-state index in [1.807, 2.05) is 42.5 Å². The van der Waals surface area contributed by atoms with Gasteiger partial charge in [-0.25, -0.2) is 4.99 Å². The molecule has 0 atom stereocenters. The van der Waals surface area contributed by atoms with E-state index in [0.29, 0.717) is 6.54 Å². The Labute approximate surface area is 168 Å². The van der Waals surface area contributed by atoms with Crippen molar-refractivity contribution in [2.75, 3.05) is 5.32 Å². The number of alkyl halides is 3. The van der Waals surface area contributed by atoms with Gasteiger partial charge >= 0.3 is 12.1 Å². The Bertz CT molecular complexity index is 1220. The van der Waals surface area contributed by atoms with E-state index in [2.05, 4.69) is 15.6 Å². The van der Waals surface area contributed by atoms with Crippen molar-refractivity contribution in [2.24, 2.45) is 4.99 Å². The maximum atomic E-state index is 12.8. The topological polar surface area (TPSA) is 77.4 Å². The summed E-state index contributed by atoms with van der Waals surface area (Å²) in [5.74, 6) is -0.0692. The number of benzene rings is 3. The minimum absolute atomic E-state index is 0.0258. The summed E-state index contributed by atoms with van der Waals surface area (Å²) in [6, 6.07) is 17.3. The van der Waals surface area contributed by atoms with Crippen LogP contribution in [0.5, 0.6) is 0 Å². The van der Waals surface area contributed by atoms with Crippen LogP contribution in [0.3, 0.4) is 0 Å².